The first-order valence-corrected chi connectivity index (χ1v) is 7.27. The van der Waals surface area contributed by atoms with Gasteiger partial charge in [0, 0.05) is 23.2 Å². The van der Waals surface area contributed by atoms with E-state index in [1.165, 1.54) is 6.42 Å². The van der Waals surface area contributed by atoms with E-state index in [0.717, 1.165) is 30.6 Å². The maximum atomic E-state index is 14.3. The van der Waals surface area contributed by atoms with Gasteiger partial charge in [0.2, 0.25) is 5.89 Å². The number of benzene rings is 1. The van der Waals surface area contributed by atoms with Gasteiger partial charge in [0.25, 0.3) is 0 Å². The lowest BCUT2D eigenvalue weighted by atomic mass is 9.65. The second-order valence-corrected chi connectivity index (χ2v) is 5.93. The average molecular weight is 325 g/mol. The summed E-state index contributed by atoms with van der Waals surface area (Å²) in [5.74, 6) is 0.939. The molecule has 1 saturated carbocycles. The van der Waals surface area contributed by atoms with Gasteiger partial charge in [-0.25, -0.2) is 4.39 Å². The minimum atomic E-state index is -0.0922. The summed E-state index contributed by atoms with van der Waals surface area (Å²) in [5.41, 5.74) is 7.31. The van der Waals surface area contributed by atoms with E-state index in [4.69, 9.17) is 10.3 Å². The van der Waals surface area contributed by atoms with E-state index < -0.39 is 0 Å². The Balaban J connectivity index is 0.00000144. The predicted octanol–water partition coefficient (Wildman–Crippen LogP) is 2.53. The van der Waals surface area contributed by atoms with Crippen molar-refractivity contribution < 1.29 is 8.91 Å². The van der Waals surface area contributed by atoms with Crippen LogP contribution >= 0.6 is 12.4 Å². The third kappa shape index (κ3) is 2.18. The van der Waals surface area contributed by atoms with Gasteiger partial charge in [0.05, 0.1) is 13.1 Å². The third-order valence-electron chi connectivity index (χ3n) is 4.68. The molecule has 2 N–H and O–H groups in total. The highest BCUT2D eigenvalue weighted by Crippen LogP contribution is 2.53. The summed E-state index contributed by atoms with van der Waals surface area (Å²) in [6, 6.07) is 5.30. The van der Waals surface area contributed by atoms with Crippen molar-refractivity contribution in [2.75, 3.05) is 11.4 Å². The number of aromatic nitrogens is 2. The monoisotopic (exact) mass is 324 g/mol. The van der Waals surface area contributed by atoms with Gasteiger partial charge in [-0.1, -0.05) is 17.6 Å². The number of fused-ring (bicyclic) bond motifs is 2. The molecule has 1 spiro atoms. The molecule has 1 aliphatic heterocycles. The van der Waals surface area contributed by atoms with Crippen molar-refractivity contribution in [2.24, 2.45) is 5.73 Å². The van der Waals surface area contributed by atoms with Crippen molar-refractivity contribution >= 4 is 18.1 Å². The number of nitrogens with zero attached hydrogens (tertiary/aromatic N) is 3. The Labute approximate surface area is 134 Å². The molecular formula is C15H18ClFN4O. The molecule has 1 aromatic carbocycles. The van der Waals surface area contributed by atoms with Crippen molar-refractivity contribution in [1.29, 1.82) is 0 Å². The first kappa shape index (κ1) is 15.2. The number of nitrogens with two attached hydrogens (primary N) is 1. The summed E-state index contributed by atoms with van der Waals surface area (Å²) in [6.45, 7) is 1.60. The van der Waals surface area contributed by atoms with Crippen molar-refractivity contribution in [3.05, 3.63) is 41.3 Å². The molecule has 1 aromatic heterocycles. The van der Waals surface area contributed by atoms with Crippen LogP contribution in [0.2, 0.25) is 0 Å². The molecule has 0 bridgehead atoms. The van der Waals surface area contributed by atoms with Crippen LogP contribution in [0, 0.1) is 5.82 Å². The van der Waals surface area contributed by atoms with E-state index in [0.29, 0.717) is 18.3 Å². The van der Waals surface area contributed by atoms with Crippen molar-refractivity contribution in [2.45, 2.75) is 37.8 Å². The molecule has 0 saturated heterocycles. The van der Waals surface area contributed by atoms with Gasteiger partial charge in [-0.05, 0) is 25.0 Å². The topological polar surface area (TPSA) is 68.2 Å². The van der Waals surface area contributed by atoms with Gasteiger partial charge in [-0.2, -0.15) is 4.98 Å². The molecule has 2 aliphatic rings. The summed E-state index contributed by atoms with van der Waals surface area (Å²) >= 11 is 0. The van der Waals surface area contributed by atoms with Gasteiger partial charge in [0.15, 0.2) is 5.82 Å². The van der Waals surface area contributed by atoms with Crippen LogP contribution in [0.3, 0.4) is 0 Å². The summed E-state index contributed by atoms with van der Waals surface area (Å²) in [5, 5.41) is 3.94. The van der Waals surface area contributed by atoms with Crippen LogP contribution in [0.25, 0.3) is 0 Å². The quantitative estimate of drug-likeness (QED) is 0.939. The first-order chi connectivity index (χ1) is 10.2. The number of hydrogen-bond donors (Lipinski definition) is 1. The molecule has 1 aliphatic carbocycles. The van der Waals surface area contributed by atoms with Crippen molar-refractivity contribution in [1.82, 2.24) is 10.1 Å². The Morgan fingerprint density at radius 3 is 2.82 bits per heavy atom. The first-order valence-electron chi connectivity index (χ1n) is 7.27. The summed E-state index contributed by atoms with van der Waals surface area (Å²) in [4.78, 5) is 6.40. The molecule has 2 heterocycles. The summed E-state index contributed by atoms with van der Waals surface area (Å²) in [6.07, 6.45) is 3.27. The SMILES string of the molecule is Cl.NCc1nc(CN2CC3(CCC3)c3c(F)cccc32)no1. The average Bonchev–Trinajstić information content (AvgIpc) is 3.02. The maximum absolute atomic E-state index is 14.3. The van der Waals surface area contributed by atoms with Crippen LogP contribution in [0.4, 0.5) is 10.1 Å². The normalized spacial score (nSPS) is 18.0. The lowest BCUT2D eigenvalue weighted by Crippen LogP contribution is -2.39. The molecule has 5 nitrogen and oxygen atoms in total. The van der Waals surface area contributed by atoms with Crippen LogP contribution in [-0.2, 0) is 18.5 Å². The molecule has 0 atom stereocenters. The van der Waals surface area contributed by atoms with E-state index in [-0.39, 0.29) is 30.2 Å². The van der Waals surface area contributed by atoms with Crippen LogP contribution < -0.4 is 10.6 Å². The molecule has 118 valence electrons. The smallest absolute Gasteiger partial charge is 0.240 e. The van der Waals surface area contributed by atoms with Crippen molar-refractivity contribution in [3.8, 4) is 0 Å². The van der Waals surface area contributed by atoms with E-state index >= 15 is 0 Å². The van der Waals surface area contributed by atoms with Gasteiger partial charge < -0.3 is 15.2 Å². The van der Waals surface area contributed by atoms with E-state index in [1.807, 2.05) is 6.07 Å². The molecule has 2 aromatic rings. The minimum absolute atomic E-state index is 0. The molecule has 22 heavy (non-hydrogen) atoms. The molecule has 0 amide bonds. The Hall–Kier alpha value is -1.66. The molecule has 7 heteroatoms. The molecule has 0 unspecified atom stereocenters. The lowest BCUT2D eigenvalue weighted by molar-refractivity contribution is 0.255. The molecular weight excluding hydrogens is 307 g/mol. The highest BCUT2D eigenvalue weighted by Gasteiger charge is 2.48. The standard InChI is InChI=1S/C15H17FN4O.ClH/c16-10-3-1-4-11-14(10)15(5-2-6-15)9-20(11)8-12-18-13(7-17)21-19-12;/h1,3-4H,2,5-9,17H2;1H. The zero-order valence-electron chi connectivity index (χ0n) is 12.1. The second kappa shape index (κ2) is 5.52. The van der Waals surface area contributed by atoms with Gasteiger partial charge in [-0.15, -0.1) is 12.4 Å². The molecule has 4 rings (SSSR count). The van der Waals surface area contributed by atoms with E-state index in [9.17, 15) is 4.39 Å². The predicted molar refractivity (Wildman–Crippen MR) is 82.4 cm³/mol. The zero-order chi connectivity index (χ0) is 14.4. The number of anilines is 1. The van der Waals surface area contributed by atoms with E-state index in [1.54, 1.807) is 12.1 Å². The fourth-order valence-electron chi connectivity index (χ4n) is 3.59. The minimum Gasteiger partial charge on any atom is -0.363 e. The fraction of sp³-hybridized carbons (Fsp3) is 0.467. The highest BCUT2D eigenvalue weighted by atomic mass is 35.5. The second-order valence-electron chi connectivity index (χ2n) is 5.93. The number of rotatable bonds is 3. The molecule has 1 fully saturated rings. The third-order valence-corrected chi connectivity index (χ3v) is 4.68. The van der Waals surface area contributed by atoms with Crippen LogP contribution in [0.1, 0.15) is 36.5 Å². The number of hydrogen-bond acceptors (Lipinski definition) is 5. The Morgan fingerprint density at radius 1 is 1.36 bits per heavy atom. The summed E-state index contributed by atoms with van der Waals surface area (Å²) < 4.78 is 19.3. The fourth-order valence-corrected chi connectivity index (χ4v) is 3.59. The van der Waals surface area contributed by atoms with Gasteiger partial charge in [-0.3, -0.25) is 0 Å². The van der Waals surface area contributed by atoms with E-state index in [2.05, 4.69) is 15.0 Å². The highest BCUT2D eigenvalue weighted by molar-refractivity contribution is 5.85. The molecule has 0 radical (unpaired) electrons. The largest absolute Gasteiger partial charge is 0.363 e. The maximum Gasteiger partial charge on any atom is 0.240 e. The Morgan fingerprint density at radius 2 is 2.18 bits per heavy atom. The van der Waals surface area contributed by atoms with Crippen LogP contribution in [-0.4, -0.2) is 16.7 Å². The zero-order valence-corrected chi connectivity index (χ0v) is 12.9. The Kier molecular flexibility index (Phi) is 3.82. The van der Waals surface area contributed by atoms with Gasteiger partial charge >= 0.3 is 0 Å². The van der Waals surface area contributed by atoms with Crippen molar-refractivity contribution in [3.63, 3.8) is 0 Å². The summed E-state index contributed by atoms with van der Waals surface area (Å²) in [7, 11) is 0. The van der Waals surface area contributed by atoms with Crippen LogP contribution in [0.15, 0.2) is 22.7 Å². The number of halogens is 2. The van der Waals surface area contributed by atoms with Gasteiger partial charge in [0.1, 0.15) is 5.82 Å². The van der Waals surface area contributed by atoms with Crippen LogP contribution in [0.5, 0.6) is 0 Å². The Bertz CT molecular complexity index is 686. The lowest BCUT2D eigenvalue weighted by Gasteiger charge is -2.39.